The Morgan fingerprint density at radius 3 is 2.64 bits per heavy atom. The van der Waals surface area contributed by atoms with E-state index in [4.69, 9.17) is 5.73 Å². The predicted octanol–water partition coefficient (Wildman–Crippen LogP) is 4.37. The number of thioether (sulfide) groups is 2. The second-order valence-electron chi connectivity index (χ2n) is 5.00. The standard InChI is InChI=1S/C16H22N4S2/c1-4-11(5-2)12-6-7-18-13(8-12)10-22-16-19-14(17)9-15(20-16)21-3/h6-9,11H,4-5,10H2,1-3H3,(H2,17,19,20). The van der Waals surface area contributed by atoms with Crippen molar-refractivity contribution in [2.24, 2.45) is 0 Å². The molecule has 0 spiro atoms. The van der Waals surface area contributed by atoms with Crippen molar-refractivity contribution in [3.05, 3.63) is 35.7 Å². The lowest BCUT2D eigenvalue weighted by molar-refractivity contribution is 0.640. The van der Waals surface area contributed by atoms with E-state index < -0.39 is 0 Å². The maximum atomic E-state index is 5.81. The molecule has 0 unspecified atom stereocenters. The lowest BCUT2D eigenvalue weighted by Gasteiger charge is -2.13. The topological polar surface area (TPSA) is 64.7 Å². The van der Waals surface area contributed by atoms with Crippen LogP contribution in [0.15, 0.2) is 34.6 Å². The summed E-state index contributed by atoms with van der Waals surface area (Å²) in [5, 5.41) is 1.60. The van der Waals surface area contributed by atoms with Crippen LogP contribution in [0, 0.1) is 0 Å². The normalized spacial score (nSPS) is 11.1. The minimum atomic E-state index is 0.514. The van der Waals surface area contributed by atoms with Crippen LogP contribution in [-0.2, 0) is 5.75 Å². The highest BCUT2D eigenvalue weighted by molar-refractivity contribution is 7.99. The second-order valence-corrected chi connectivity index (χ2v) is 6.77. The number of aromatic nitrogens is 3. The molecule has 2 aromatic rings. The SMILES string of the molecule is CCC(CC)c1ccnc(CSc2nc(N)cc(SC)n2)c1. The molecule has 2 N–H and O–H groups in total. The maximum Gasteiger partial charge on any atom is 0.190 e. The molecule has 0 saturated carbocycles. The van der Waals surface area contributed by atoms with Gasteiger partial charge in [0.15, 0.2) is 5.16 Å². The third kappa shape index (κ3) is 4.61. The van der Waals surface area contributed by atoms with Gasteiger partial charge in [0.25, 0.3) is 0 Å². The molecule has 0 atom stereocenters. The van der Waals surface area contributed by atoms with E-state index in [0.29, 0.717) is 16.9 Å². The largest absolute Gasteiger partial charge is 0.384 e. The van der Waals surface area contributed by atoms with Crippen LogP contribution in [0.3, 0.4) is 0 Å². The summed E-state index contributed by atoms with van der Waals surface area (Å²) in [6.07, 6.45) is 6.19. The molecule has 0 aliphatic rings. The van der Waals surface area contributed by atoms with Gasteiger partial charge < -0.3 is 5.73 Å². The van der Waals surface area contributed by atoms with Crippen molar-refractivity contribution in [2.75, 3.05) is 12.0 Å². The van der Waals surface area contributed by atoms with Gasteiger partial charge in [-0.3, -0.25) is 4.98 Å². The number of nitrogen functional groups attached to an aromatic ring is 1. The molecule has 4 nitrogen and oxygen atoms in total. The molecule has 0 fully saturated rings. The molecule has 0 amide bonds. The first kappa shape index (κ1) is 17.1. The molecule has 22 heavy (non-hydrogen) atoms. The highest BCUT2D eigenvalue weighted by Crippen LogP contribution is 2.26. The predicted molar refractivity (Wildman–Crippen MR) is 95.3 cm³/mol. The van der Waals surface area contributed by atoms with E-state index in [1.165, 1.54) is 5.56 Å². The first-order chi connectivity index (χ1) is 10.7. The van der Waals surface area contributed by atoms with Crippen LogP contribution in [0.25, 0.3) is 0 Å². The third-order valence-electron chi connectivity index (χ3n) is 3.56. The zero-order valence-electron chi connectivity index (χ0n) is 13.2. The summed E-state index contributed by atoms with van der Waals surface area (Å²) in [7, 11) is 0. The van der Waals surface area contributed by atoms with Gasteiger partial charge in [0, 0.05) is 18.0 Å². The van der Waals surface area contributed by atoms with Crippen LogP contribution in [0.5, 0.6) is 0 Å². The van der Waals surface area contributed by atoms with Gasteiger partial charge in [0.1, 0.15) is 10.8 Å². The Morgan fingerprint density at radius 1 is 1.18 bits per heavy atom. The molecular weight excluding hydrogens is 312 g/mol. The lowest BCUT2D eigenvalue weighted by Crippen LogP contribution is -1.99. The molecule has 118 valence electrons. The summed E-state index contributed by atoms with van der Waals surface area (Å²) in [6.45, 7) is 4.46. The minimum Gasteiger partial charge on any atom is -0.384 e. The van der Waals surface area contributed by atoms with Crippen molar-refractivity contribution < 1.29 is 0 Å². The van der Waals surface area contributed by atoms with Gasteiger partial charge in [-0.15, -0.1) is 11.8 Å². The highest BCUT2D eigenvalue weighted by atomic mass is 32.2. The fourth-order valence-corrected chi connectivity index (χ4v) is 3.56. The monoisotopic (exact) mass is 334 g/mol. The fourth-order valence-electron chi connectivity index (χ4n) is 2.32. The molecule has 0 bridgehead atoms. The fraction of sp³-hybridized carbons (Fsp3) is 0.438. The molecule has 0 saturated heterocycles. The Morgan fingerprint density at radius 2 is 1.95 bits per heavy atom. The summed E-state index contributed by atoms with van der Waals surface area (Å²) in [5.74, 6) is 1.88. The molecule has 0 radical (unpaired) electrons. The third-order valence-corrected chi connectivity index (χ3v) is 5.07. The smallest absolute Gasteiger partial charge is 0.190 e. The number of pyridine rings is 1. The van der Waals surface area contributed by atoms with Gasteiger partial charge in [-0.1, -0.05) is 25.6 Å². The summed E-state index contributed by atoms with van der Waals surface area (Å²) >= 11 is 3.15. The Bertz CT molecular complexity index is 615. The van der Waals surface area contributed by atoms with E-state index in [1.54, 1.807) is 29.6 Å². The Labute approximate surface area is 140 Å². The summed E-state index contributed by atoms with van der Waals surface area (Å²) in [6, 6.07) is 6.11. The van der Waals surface area contributed by atoms with Crippen molar-refractivity contribution in [1.82, 2.24) is 15.0 Å². The van der Waals surface area contributed by atoms with Crippen LogP contribution in [0.4, 0.5) is 5.82 Å². The zero-order chi connectivity index (χ0) is 15.9. The quantitative estimate of drug-likeness (QED) is 0.461. The van der Waals surface area contributed by atoms with E-state index >= 15 is 0 Å². The van der Waals surface area contributed by atoms with Gasteiger partial charge >= 0.3 is 0 Å². The number of nitrogens with zero attached hydrogens (tertiary/aromatic N) is 3. The molecule has 2 aromatic heterocycles. The van der Waals surface area contributed by atoms with Crippen LogP contribution in [0.2, 0.25) is 0 Å². The van der Waals surface area contributed by atoms with Crippen molar-refractivity contribution in [1.29, 1.82) is 0 Å². The van der Waals surface area contributed by atoms with Crippen molar-refractivity contribution >= 4 is 29.3 Å². The van der Waals surface area contributed by atoms with Gasteiger partial charge in [-0.05, 0) is 42.7 Å². The Balaban J connectivity index is 2.08. The number of anilines is 1. The first-order valence-electron chi connectivity index (χ1n) is 7.42. The summed E-state index contributed by atoms with van der Waals surface area (Å²) in [5.41, 5.74) is 8.24. The van der Waals surface area contributed by atoms with E-state index in [0.717, 1.165) is 29.3 Å². The first-order valence-corrected chi connectivity index (χ1v) is 9.63. The summed E-state index contributed by atoms with van der Waals surface area (Å²) in [4.78, 5) is 13.2. The average molecular weight is 335 g/mol. The van der Waals surface area contributed by atoms with Crippen LogP contribution in [-0.4, -0.2) is 21.2 Å². The zero-order valence-corrected chi connectivity index (χ0v) is 14.9. The Hall–Kier alpha value is -1.27. The van der Waals surface area contributed by atoms with Gasteiger partial charge in [0.05, 0.1) is 5.69 Å². The van der Waals surface area contributed by atoms with Crippen LogP contribution >= 0.6 is 23.5 Å². The second kappa shape index (κ2) is 8.39. The molecule has 2 rings (SSSR count). The highest BCUT2D eigenvalue weighted by Gasteiger charge is 2.09. The summed E-state index contributed by atoms with van der Waals surface area (Å²) < 4.78 is 0. The number of nitrogens with two attached hydrogens (primary N) is 1. The van der Waals surface area contributed by atoms with E-state index in [1.807, 2.05) is 12.5 Å². The number of rotatable bonds is 7. The van der Waals surface area contributed by atoms with Crippen molar-refractivity contribution in [3.8, 4) is 0 Å². The molecule has 0 aliphatic heterocycles. The lowest BCUT2D eigenvalue weighted by atomic mass is 9.94. The van der Waals surface area contributed by atoms with Crippen LogP contribution in [0.1, 0.15) is 43.9 Å². The van der Waals surface area contributed by atoms with Gasteiger partial charge in [-0.25, -0.2) is 9.97 Å². The molecule has 0 aromatic carbocycles. The van der Waals surface area contributed by atoms with E-state index in [9.17, 15) is 0 Å². The number of hydrogen-bond acceptors (Lipinski definition) is 6. The van der Waals surface area contributed by atoms with Crippen LogP contribution < -0.4 is 5.73 Å². The molecular formula is C16H22N4S2. The van der Waals surface area contributed by atoms with E-state index in [2.05, 4.69) is 40.9 Å². The van der Waals surface area contributed by atoms with Gasteiger partial charge in [-0.2, -0.15) is 0 Å². The minimum absolute atomic E-state index is 0.514. The van der Waals surface area contributed by atoms with Gasteiger partial charge in [0.2, 0.25) is 0 Å². The molecule has 6 heteroatoms. The molecule has 2 heterocycles. The van der Waals surface area contributed by atoms with E-state index in [-0.39, 0.29) is 0 Å². The van der Waals surface area contributed by atoms with Crippen molar-refractivity contribution in [3.63, 3.8) is 0 Å². The molecule has 0 aliphatic carbocycles. The average Bonchev–Trinajstić information content (AvgIpc) is 2.54. The number of hydrogen-bond donors (Lipinski definition) is 1. The Kier molecular flexibility index (Phi) is 6.51. The van der Waals surface area contributed by atoms with Crippen molar-refractivity contribution in [2.45, 2.75) is 48.5 Å². The maximum absolute atomic E-state index is 5.81.